The summed E-state index contributed by atoms with van der Waals surface area (Å²) < 4.78 is 52.3. The predicted octanol–water partition coefficient (Wildman–Crippen LogP) is 7.34. The summed E-state index contributed by atoms with van der Waals surface area (Å²) in [6.45, 7) is 6.45. The first kappa shape index (κ1) is 25.1. The molecular weight excluding hydrogens is 445 g/mol. The number of nitrogens with zero attached hydrogens (tertiary/aromatic N) is 2. The molecule has 1 heterocycles. The van der Waals surface area contributed by atoms with Gasteiger partial charge in [0.05, 0.1) is 18.4 Å². The molecule has 182 valence electrons. The highest BCUT2D eigenvalue weighted by Crippen LogP contribution is 2.37. The van der Waals surface area contributed by atoms with Crippen LogP contribution < -0.4 is 20.1 Å². The van der Waals surface area contributed by atoms with Gasteiger partial charge in [-0.3, -0.25) is 0 Å². The van der Waals surface area contributed by atoms with E-state index in [9.17, 15) is 13.2 Å². The minimum absolute atomic E-state index is 0.0226. The van der Waals surface area contributed by atoms with E-state index in [0.717, 1.165) is 31.2 Å². The Bertz CT molecular complexity index is 1060. The monoisotopic (exact) mass is 474 g/mol. The number of alkyl halides is 3. The molecule has 0 bridgehead atoms. The van der Waals surface area contributed by atoms with Crippen LogP contribution in [0.5, 0.6) is 11.5 Å². The van der Waals surface area contributed by atoms with Crippen molar-refractivity contribution in [2.75, 3.05) is 17.2 Å². The van der Waals surface area contributed by atoms with Crippen LogP contribution in [0.1, 0.15) is 45.6 Å². The molecule has 0 atom stereocenters. The molecule has 1 aromatic heterocycles. The second kappa shape index (κ2) is 11.6. The highest BCUT2D eigenvalue weighted by molar-refractivity contribution is 5.67. The van der Waals surface area contributed by atoms with Crippen LogP contribution in [0.25, 0.3) is 0 Å². The second-order valence-electron chi connectivity index (χ2n) is 7.95. The van der Waals surface area contributed by atoms with Gasteiger partial charge < -0.3 is 20.1 Å². The summed E-state index contributed by atoms with van der Waals surface area (Å²) in [4.78, 5) is 7.96. The van der Waals surface area contributed by atoms with E-state index in [1.807, 2.05) is 13.8 Å². The van der Waals surface area contributed by atoms with Gasteiger partial charge in [0.2, 0.25) is 5.95 Å². The van der Waals surface area contributed by atoms with Gasteiger partial charge >= 0.3 is 6.18 Å². The van der Waals surface area contributed by atoms with Crippen LogP contribution in [0, 0.1) is 0 Å². The molecule has 0 spiro atoms. The Kier molecular flexibility index (Phi) is 8.56. The van der Waals surface area contributed by atoms with Gasteiger partial charge in [-0.2, -0.15) is 18.2 Å². The molecule has 9 heteroatoms. The third kappa shape index (κ3) is 7.26. The maximum absolute atomic E-state index is 13.6. The van der Waals surface area contributed by atoms with E-state index in [1.165, 1.54) is 0 Å². The number of nitrogens with one attached hydrogen (secondary N) is 2. The lowest BCUT2D eigenvalue weighted by molar-refractivity contribution is -0.137. The zero-order valence-electron chi connectivity index (χ0n) is 19.4. The molecule has 0 amide bonds. The predicted molar refractivity (Wildman–Crippen MR) is 127 cm³/mol. The smallest absolute Gasteiger partial charge is 0.421 e. The standard InChI is InChI=1S/C25H29F3N4O2/c1-4-5-8-15-33-19-13-11-18(12-14-19)30-24-29-16-20(25(26,27)28)23(32-24)31-21-9-6-7-10-22(21)34-17(2)3/h6-7,9-14,16-17H,4-5,8,15H2,1-3H3,(H2,29,30,31,32). The summed E-state index contributed by atoms with van der Waals surface area (Å²) in [5.74, 6) is 0.794. The average Bonchev–Trinajstić information content (AvgIpc) is 2.78. The number of aromatic nitrogens is 2. The fraction of sp³-hybridized carbons (Fsp3) is 0.360. The molecular formula is C25H29F3N4O2. The van der Waals surface area contributed by atoms with Gasteiger partial charge in [-0.25, -0.2) is 4.98 Å². The molecule has 0 aliphatic rings. The number of hydrogen-bond donors (Lipinski definition) is 2. The normalized spacial score (nSPS) is 11.4. The number of benzene rings is 2. The van der Waals surface area contributed by atoms with E-state index in [0.29, 0.717) is 23.7 Å². The maximum atomic E-state index is 13.6. The molecule has 0 radical (unpaired) electrons. The topological polar surface area (TPSA) is 68.3 Å². The number of ether oxygens (including phenoxy) is 2. The molecule has 0 fully saturated rings. The van der Waals surface area contributed by atoms with Crippen LogP contribution in [-0.2, 0) is 6.18 Å². The van der Waals surface area contributed by atoms with E-state index in [2.05, 4.69) is 27.5 Å². The minimum atomic E-state index is -4.63. The molecule has 3 rings (SSSR count). The number of hydrogen-bond acceptors (Lipinski definition) is 6. The molecule has 0 aliphatic heterocycles. The van der Waals surface area contributed by atoms with Crippen molar-refractivity contribution in [3.63, 3.8) is 0 Å². The van der Waals surface area contributed by atoms with Crippen LogP contribution >= 0.6 is 0 Å². The first-order chi connectivity index (χ1) is 16.3. The van der Waals surface area contributed by atoms with Crippen molar-refractivity contribution in [3.8, 4) is 11.5 Å². The van der Waals surface area contributed by atoms with E-state index in [-0.39, 0.29) is 17.9 Å². The van der Waals surface area contributed by atoms with Gasteiger partial charge in [0, 0.05) is 11.9 Å². The van der Waals surface area contributed by atoms with Gasteiger partial charge in [0.1, 0.15) is 22.9 Å². The van der Waals surface area contributed by atoms with Crippen molar-refractivity contribution in [1.82, 2.24) is 9.97 Å². The van der Waals surface area contributed by atoms with E-state index in [4.69, 9.17) is 9.47 Å². The van der Waals surface area contributed by atoms with Crippen molar-refractivity contribution in [3.05, 3.63) is 60.3 Å². The fourth-order valence-corrected chi connectivity index (χ4v) is 3.10. The van der Waals surface area contributed by atoms with Crippen molar-refractivity contribution in [2.45, 2.75) is 52.3 Å². The summed E-state index contributed by atoms with van der Waals surface area (Å²) in [7, 11) is 0. The zero-order valence-corrected chi connectivity index (χ0v) is 19.4. The van der Waals surface area contributed by atoms with E-state index in [1.54, 1.807) is 48.5 Å². The van der Waals surface area contributed by atoms with Crippen LogP contribution in [0.2, 0.25) is 0 Å². The third-order valence-corrected chi connectivity index (χ3v) is 4.72. The minimum Gasteiger partial charge on any atom is -0.494 e. The first-order valence-corrected chi connectivity index (χ1v) is 11.2. The molecule has 3 aromatic rings. The summed E-state index contributed by atoms with van der Waals surface area (Å²) in [5.41, 5.74) is 0.0132. The Hall–Kier alpha value is -3.49. The summed E-state index contributed by atoms with van der Waals surface area (Å²) in [6, 6.07) is 13.9. The number of halogens is 3. The molecule has 34 heavy (non-hydrogen) atoms. The van der Waals surface area contributed by atoms with Crippen molar-refractivity contribution in [2.24, 2.45) is 0 Å². The Morgan fingerprint density at radius 3 is 2.38 bits per heavy atom. The highest BCUT2D eigenvalue weighted by atomic mass is 19.4. The average molecular weight is 475 g/mol. The molecule has 0 aliphatic carbocycles. The SMILES string of the molecule is CCCCCOc1ccc(Nc2ncc(C(F)(F)F)c(Nc3ccccc3OC(C)C)n2)cc1. The summed E-state index contributed by atoms with van der Waals surface area (Å²) in [5, 5.41) is 5.71. The number of unbranched alkanes of at least 4 members (excludes halogenated alkanes) is 2. The van der Waals surface area contributed by atoms with Crippen LogP contribution in [0.15, 0.2) is 54.7 Å². The van der Waals surface area contributed by atoms with Crippen LogP contribution in [0.4, 0.5) is 36.3 Å². The van der Waals surface area contributed by atoms with Gasteiger partial charge in [0.15, 0.2) is 0 Å². The zero-order chi connectivity index (χ0) is 24.6. The molecule has 0 saturated carbocycles. The highest BCUT2D eigenvalue weighted by Gasteiger charge is 2.35. The fourth-order valence-electron chi connectivity index (χ4n) is 3.10. The largest absolute Gasteiger partial charge is 0.494 e. The van der Waals surface area contributed by atoms with Crippen molar-refractivity contribution in [1.29, 1.82) is 0 Å². The Labute approximate surface area is 197 Å². The number of rotatable bonds is 11. The third-order valence-electron chi connectivity index (χ3n) is 4.72. The lowest BCUT2D eigenvalue weighted by Gasteiger charge is -2.18. The summed E-state index contributed by atoms with van der Waals surface area (Å²) >= 11 is 0. The van der Waals surface area contributed by atoms with E-state index < -0.39 is 11.7 Å². The molecule has 0 saturated heterocycles. The van der Waals surface area contributed by atoms with Gasteiger partial charge in [-0.15, -0.1) is 0 Å². The molecule has 2 aromatic carbocycles. The van der Waals surface area contributed by atoms with Gasteiger partial charge in [-0.1, -0.05) is 31.9 Å². The molecule has 2 N–H and O–H groups in total. The lowest BCUT2D eigenvalue weighted by atomic mass is 10.2. The van der Waals surface area contributed by atoms with Crippen molar-refractivity contribution >= 4 is 23.1 Å². The molecule has 0 unspecified atom stereocenters. The van der Waals surface area contributed by atoms with Crippen molar-refractivity contribution < 1.29 is 22.6 Å². The second-order valence-corrected chi connectivity index (χ2v) is 7.95. The van der Waals surface area contributed by atoms with Gasteiger partial charge in [0.25, 0.3) is 0 Å². The lowest BCUT2D eigenvalue weighted by Crippen LogP contribution is -2.13. The Morgan fingerprint density at radius 1 is 0.971 bits per heavy atom. The number of para-hydroxylation sites is 2. The number of anilines is 4. The summed E-state index contributed by atoms with van der Waals surface area (Å²) in [6.07, 6.45) is -0.814. The quantitative estimate of drug-likeness (QED) is 0.283. The Morgan fingerprint density at radius 2 is 1.71 bits per heavy atom. The maximum Gasteiger partial charge on any atom is 0.421 e. The van der Waals surface area contributed by atoms with Crippen LogP contribution in [-0.4, -0.2) is 22.7 Å². The molecule has 6 nitrogen and oxygen atoms in total. The van der Waals surface area contributed by atoms with Gasteiger partial charge in [-0.05, 0) is 56.7 Å². The Balaban J connectivity index is 1.80. The van der Waals surface area contributed by atoms with Crippen LogP contribution in [0.3, 0.4) is 0 Å². The first-order valence-electron chi connectivity index (χ1n) is 11.2. The van der Waals surface area contributed by atoms with E-state index >= 15 is 0 Å².